The van der Waals surface area contributed by atoms with E-state index in [4.69, 9.17) is 9.84 Å². The molecule has 2 unspecified atom stereocenters. The molecule has 1 aromatic rings. The smallest absolute Gasteiger partial charge is 0.315 e. The Hall–Kier alpha value is -1.89. The fourth-order valence-electron chi connectivity index (χ4n) is 1.81. The van der Waals surface area contributed by atoms with Gasteiger partial charge in [0.15, 0.2) is 11.6 Å². The van der Waals surface area contributed by atoms with Gasteiger partial charge in [-0.2, -0.15) is 0 Å². The van der Waals surface area contributed by atoms with E-state index in [2.05, 4.69) is 10.6 Å². The molecule has 0 fully saturated rings. The number of ether oxygens (including phenoxy) is 1. The molecular formula is C15H22F2N2O3. The van der Waals surface area contributed by atoms with E-state index in [0.717, 1.165) is 12.1 Å². The summed E-state index contributed by atoms with van der Waals surface area (Å²) in [6.45, 7) is 3.69. The lowest BCUT2D eigenvalue weighted by atomic mass is 10.2. The molecule has 0 aliphatic rings. The Morgan fingerprint density at radius 3 is 2.59 bits per heavy atom. The van der Waals surface area contributed by atoms with Crippen LogP contribution in [-0.4, -0.2) is 36.4 Å². The van der Waals surface area contributed by atoms with Crippen LogP contribution in [0.1, 0.15) is 26.7 Å². The van der Waals surface area contributed by atoms with Crippen LogP contribution < -0.4 is 15.4 Å². The molecule has 1 aromatic carbocycles. The van der Waals surface area contributed by atoms with Gasteiger partial charge in [-0.3, -0.25) is 0 Å². The monoisotopic (exact) mass is 316 g/mol. The minimum absolute atomic E-state index is 0.0565. The van der Waals surface area contributed by atoms with Crippen molar-refractivity contribution in [2.24, 2.45) is 0 Å². The van der Waals surface area contributed by atoms with Crippen LogP contribution in [0.15, 0.2) is 18.2 Å². The van der Waals surface area contributed by atoms with Gasteiger partial charge in [0.2, 0.25) is 0 Å². The number of hydrogen-bond donors (Lipinski definition) is 3. The Labute approximate surface area is 128 Å². The number of carbonyl (C=O) groups is 1. The van der Waals surface area contributed by atoms with Crippen LogP contribution in [0.3, 0.4) is 0 Å². The van der Waals surface area contributed by atoms with E-state index in [0.29, 0.717) is 12.8 Å². The van der Waals surface area contributed by atoms with E-state index in [1.54, 1.807) is 6.92 Å². The summed E-state index contributed by atoms with van der Waals surface area (Å²) < 4.78 is 31.3. The molecule has 0 heterocycles. The molecule has 2 amide bonds. The number of halogens is 2. The molecule has 2 atom stereocenters. The highest BCUT2D eigenvalue weighted by Crippen LogP contribution is 2.17. The number of hydrogen-bond acceptors (Lipinski definition) is 3. The molecular weight excluding hydrogens is 294 g/mol. The van der Waals surface area contributed by atoms with Crippen molar-refractivity contribution in [2.45, 2.75) is 38.8 Å². The van der Waals surface area contributed by atoms with Gasteiger partial charge in [0.1, 0.15) is 12.4 Å². The maximum atomic E-state index is 13.4. The molecule has 0 bridgehead atoms. The number of nitrogens with one attached hydrogen (secondary N) is 2. The van der Waals surface area contributed by atoms with Crippen molar-refractivity contribution < 1.29 is 23.4 Å². The quantitative estimate of drug-likeness (QED) is 0.688. The first-order valence-electron chi connectivity index (χ1n) is 7.18. The maximum Gasteiger partial charge on any atom is 0.315 e. The van der Waals surface area contributed by atoms with Crippen LogP contribution in [0.25, 0.3) is 0 Å². The van der Waals surface area contributed by atoms with Gasteiger partial charge in [-0.05, 0) is 38.8 Å². The van der Waals surface area contributed by atoms with Crippen LogP contribution in [0.4, 0.5) is 13.6 Å². The van der Waals surface area contributed by atoms with Gasteiger partial charge in [-0.15, -0.1) is 0 Å². The predicted octanol–water partition coefficient (Wildman–Crippen LogP) is 2.19. The van der Waals surface area contributed by atoms with E-state index in [-0.39, 0.29) is 37.1 Å². The number of carbonyl (C=O) groups excluding carboxylic acids is 1. The van der Waals surface area contributed by atoms with Crippen LogP contribution in [0.5, 0.6) is 5.75 Å². The second-order valence-electron chi connectivity index (χ2n) is 5.17. The van der Waals surface area contributed by atoms with Crippen molar-refractivity contribution in [3.8, 4) is 5.75 Å². The molecule has 0 saturated heterocycles. The summed E-state index contributed by atoms with van der Waals surface area (Å²) in [5.41, 5.74) is 0. The minimum atomic E-state index is -0.783. The molecule has 0 radical (unpaired) electrons. The predicted molar refractivity (Wildman–Crippen MR) is 78.8 cm³/mol. The van der Waals surface area contributed by atoms with Gasteiger partial charge in [0.05, 0.1) is 6.04 Å². The molecule has 0 saturated carbocycles. The van der Waals surface area contributed by atoms with Gasteiger partial charge >= 0.3 is 6.03 Å². The topological polar surface area (TPSA) is 70.6 Å². The highest BCUT2D eigenvalue weighted by molar-refractivity contribution is 5.74. The van der Waals surface area contributed by atoms with Crippen LogP contribution in [0.2, 0.25) is 0 Å². The lowest BCUT2D eigenvalue weighted by Gasteiger charge is -2.18. The maximum absolute atomic E-state index is 13.4. The van der Waals surface area contributed by atoms with Crippen molar-refractivity contribution in [1.29, 1.82) is 0 Å². The van der Waals surface area contributed by atoms with Crippen molar-refractivity contribution in [1.82, 2.24) is 10.6 Å². The zero-order valence-electron chi connectivity index (χ0n) is 12.7. The molecule has 22 heavy (non-hydrogen) atoms. The van der Waals surface area contributed by atoms with E-state index >= 15 is 0 Å². The lowest BCUT2D eigenvalue weighted by molar-refractivity contribution is 0.219. The van der Waals surface area contributed by atoms with E-state index in [9.17, 15) is 13.6 Å². The molecule has 0 aliphatic heterocycles. The van der Waals surface area contributed by atoms with Crippen molar-refractivity contribution in [3.63, 3.8) is 0 Å². The summed E-state index contributed by atoms with van der Waals surface area (Å²) in [6.07, 6.45) is 1.29. The zero-order chi connectivity index (χ0) is 16.5. The molecule has 3 N–H and O–H groups in total. The van der Waals surface area contributed by atoms with E-state index in [1.165, 1.54) is 6.07 Å². The molecule has 0 spiro atoms. The zero-order valence-corrected chi connectivity index (χ0v) is 12.7. The number of rotatable bonds is 8. The Balaban J connectivity index is 2.33. The highest BCUT2D eigenvalue weighted by Gasteiger charge is 2.12. The number of benzene rings is 1. The fraction of sp³-hybridized carbons (Fsp3) is 0.533. The Morgan fingerprint density at radius 2 is 1.95 bits per heavy atom. The Bertz CT molecular complexity index is 486. The summed E-state index contributed by atoms with van der Waals surface area (Å²) in [6, 6.07) is 2.27. The molecule has 0 aliphatic carbocycles. The first kappa shape index (κ1) is 18.2. The number of aliphatic hydroxyl groups is 1. The molecule has 5 nitrogen and oxygen atoms in total. The van der Waals surface area contributed by atoms with Crippen molar-refractivity contribution in [2.75, 3.05) is 13.2 Å². The van der Waals surface area contributed by atoms with Gasteiger partial charge < -0.3 is 20.5 Å². The number of urea groups is 1. The van der Waals surface area contributed by atoms with E-state index in [1.807, 2.05) is 6.92 Å². The summed E-state index contributed by atoms with van der Waals surface area (Å²) >= 11 is 0. The third kappa shape index (κ3) is 6.71. The molecule has 1 rings (SSSR count). The first-order chi connectivity index (χ1) is 10.4. The molecule has 0 aromatic heterocycles. The van der Waals surface area contributed by atoms with E-state index < -0.39 is 11.6 Å². The lowest BCUT2D eigenvalue weighted by Crippen LogP contribution is -2.46. The summed E-state index contributed by atoms with van der Waals surface area (Å²) in [5, 5.41) is 14.1. The minimum Gasteiger partial charge on any atom is -0.488 e. The van der Waals surface area contributed by atoms with Crippen molar-refractivity contribution >= 4 is 6.03 Å². The SMILES string of the molecule is CC(CCCO)NC(=O)NC(C)COc1ccc(F)cc1F. The third-order valence-electron chi connectivity index (χ3n) is 2.93. The van der Waals surface area contributed by atoms with Gasteiger partial charge in [-0.25, -0.2) is 13.6 Å². The summed E-state index contributed by atoms with van der Waals surface area (Å²) in [7, 11) is 0. The van der Waals surface area contributed by atoms with Gasteiger partial charge in [0.25, 0.3) is 0 Å². The van der Waals surface area contributed by atoms with Crippen molar-refractivity contribution in [3.05, 3.63) is 29.8 Å². The summed E-state index contributed by atoms with van der Waals surface area (Å²) in [4.78, 5) is 11.7. The largest absolute Gasteiger partial charge is 0.488 e. The second kappa shape index (κ2) is 9.19. The van der Waals surface area contributed by atoms with Gasteiger partial charge in [-0.1, -0.05) is 0 Å². The fourth-order valence-corrected chi connectivity index (χ4v) is 1.81. The third-order valence-corrected chi connectivity index (χ3v) is 2.93. The van der Waals surface area contributed by atoms with Crippen LogP contribution in [0, 0.1) is 11.6 Å². The Morgan fingerprint density at radius 1 is 1.27 bits per heavy atom. The molecule has 7 heteroatoms. The van der Waals surface area contributed by atoms with Crippen LogP contribution >= 0.6 is 0 Å². The first-order valence-corrected chi connectivity index (χ1v) is 7.18. The number of amides is 2. The van der Waals surface area contributed by atoms with Gasteiger partial charge in [0, 0.05) is 18.7 Å². The van der Waals surface area contributed by atoms with Crippen LogP contribution in [-0.2, 0) is 0 Å². The second-order valence-corrected chi connectivity index (χ2v) is 5.17. The standard InChI is InChI=1S/C15H22F2N2O3/c1-10(4-3-7-20)18-15(21)19-11(2)9-22-14-6-5-12(16)8-13(14)17/h5-6,8,10-11,20H,3-4,7,9H2,1-2H3,(H2,18,19,21). The average molecular weight is 316 g/mol. The normalized spacial score (nSPS) is 13.3. The Kier molecular flexibility index (Phi) is 7.59. The highest BCUT2D eigenvalue weighted by atomic mass is 19.1. The molecule has 124 valence electrons. The summed E-state index contributed by atoms with van der Waals surface area (Å²) in [5.74, 6) is -1.52. The average Bonchev–Trinajstić information content (AvgIpc) is 2.44. The number of aliphatic hydroxyl groups excluding tert-OH is 1.